The Kier molecular flexibility index (Phi) is 7.83. The van der Waals surface area contributed by atoms with E-state index in [9.17, 15) is 14.4 Å². The van der Waals surface area contributed by atoms with E-state index >= 15 is 0 Å². The molecule has 0 aliphatic rings. The second kappa shape index (κ2) is 10.1. The summed E-state index contributed by atoms with van der Waals surface area (Å²) in [7, 11) is 0. The fourth-order valence-electron chi connectivity index (χ4n) is 2.62. The molecule has 0 fully saturated rings. The Morgan fingerprint density at radius 1 is 1.07 bits per heavy atom. The number of aryl methyl sites for hydroxylation is 1. The molecule has 0 aromatic heterocycles. The lowest BCUT2D eigenvalue weighted by Gasteiger charge is -2.25. The first kappa shape index (κ1) is 23.2. The zero-order chi connectivity index (χ0) is 22.3. The van der Waals surface area contributed by atoms with Crippen LogP contribution in [0.4, 0.5) is 16.2 Å². The van der Waals surface area contributed by atoms with E-state index in [0.717, 1.165) is 5.56 Å². The molecular weight excluding hydrogens is 406 g/mol. The number of halogens is 1. The number of hydrogen-bond acceptors (Lipinski definition) is 4. The second-order valence-corrected chi connectivity index (χ2v) is 8.16. The minimum Gasteiger partial charge on any atom is -0.459 e. The van der Waals surface area contributed by atoms with Gasteiger partial charge in [-0.05, 0) is 63.6 Å². The number of benzene rings is 2. The number of urea groups is 1. The largest absolute Gasteiger partial charge is 0.459 e. The number of hydrogen-bond donors (Lipinski definition) is 2. The summed E-state index contributed by atoms with van der Waals surface area (Å²) in [5, 5.41) is 5.59. The number of ether oxygens (including phenoxy) is 1. The molecule has 7 nitrogen and oxygen atoms in total. The quantitative estimate of drug-likeness (QED) is 0.672. The molecule has 0 aliphatic carbocycles. The highest BCUT2D eigenvalue weighted by Crippen LogP contribution is 2.20. The number of rotatable bonds is 6. The monoisotopic (exact) mass is 431 g/mol. The molecule has 0 atom stereocenters. The van der Waals surface area contributed by atoms with Crippen LogP contribution in [0, 0.1) is 6.92 Å². The van der Waals surface area contributed by atoms with Crippen molar-refractivity contribution in [2.45, 2.75) is 33.3 Å². The van der Waals surface area contributed by atoms with Crippen molar-refractivity contribution >= 4 is 40.9 Å². The molecule has 0 saturated carbocycles. The molecule has 30 heavy (non-hydrogen) atoms. The summed E-state index contributed by atoms with van der Waals surface area (Å²) < 4.78 is 5.32. The van der Waals surface area contributed by atoms with Crippen LogP contribution in [0.2, 0.25) is 5.02 Å². The number of anilines is 2. The minimum absolute atomic E-state index is 0.308. The van der Waals surface area contributed by atoms with Crippen LogP contribution in [0.1, 0.15) is 26.3 Å². The second-order valence-electron chi connectivity index (χ2n) is 7.72. The highest BCUT2D eigenvalue weighted by molar-refractivity contribution is 6.31. The zero-order valence-corrected chi connectivity index (χ0v) is 18.2. The summed E-state index contributed by atoms with van der Waals surface area (Å²) in [6, 6.07) is 13.3. The van der Waals surface area contributed by atoms with Crippen molar-refractivity contribution in [2.24, 2.45) is 0 Å². The Bertz CT molecular complexity index is 925. The normalized spacial score (nSPS) is 10.8. The van der Waals surface area contributed by atoms with Crippen LogP contribution in [0.15, 0.2) is 48.5 Å². The third-order valence-electron chi connectivity index (χ3n) is 3.80. The van der Waals surface area contributed by atoms with Gasteiger partial charge in [0.15, 0.2) is 0 Å². The van der Waals surface area contributed by atoms with Crippen LogP contribution in [-0.2, 0) is 14.3 Å². The SMILES string of the molecule is Cc1cccc(NC(=O)NCC(=O)N(CC(=O)OC(C)(C)C)c2cccc(Cl)c2)c1. The first-order valence-electron chi connectivity index (χ1n) is 9.43. The lowest BCUT2D eigenvalue weighted by molar-refractivity contribution is -0.153. The number of esters is 1. The smallest absolute Gasteiger partial charge is 0.326 e. The van der Waals surface area contributed by atoms with Crippen molar-refractivity contribution < 1.29 is 19.1 Å². The van der Waals surface area contributed by atoms with E-state index in [1.54, 1.807) is 51.1 Å². The van der Waals surface area contributed by atoms with E-state index in [-0.39, 0.29) is 13.1 Å². The van der Waals surface area contributed by atoms with E-state index in [1.807, 2.05) is 25.1 Å². The summed E-state index contributed by atoms with van der Waals surface area (Å²) in [5.74, 6) is -1.05. The van der Waals surface area contributed by atoms with Gasteiger partial charge in [-0.25, -0.2) is 4.79 Å². The van der Waals surface area contributed by atoms with Gasteiger partial charge in [0.2, 0.25) is 5.91 Å². The van der Waals surface area contributed by atoms with E-state index in [2.05, 4.69) is 10.6 Å². The molecule has 0 spiro atoms. The number of nitrogens with zero attached hydrogens (tertiary/aromatic N) is 1. The van der Waals surface area contributed by atoms with Crippen LogP contribution < -0.4 is 15.5 Å². The third kappa shape index (κ3) is 7.75. The van der Waals surface area contributed by atoms with Crippen molar-refractivity contribution in [2.75, 3.05) is 23.3 Å². The van der Waals surface area contributed by atoms with Crippen molar-refractivity contribution in [3.05, 3.63) is 59.1 Å². The Morgan fingerprint density at radius 3 is 2.40 bits per heavy atom. The van der Waals surface area contributed by atoms with Gasteiger partial charge in [-0.2, -0.15) is 0 Å². The van der Waals surface area contributed by atoms with E-state index in [1.165, 1.54) is 4.90 Å². The minimum atomic E-state index is -0.688. The maximum absolute atomic E-state index is 12.8. The van der Waals surface area contributed by atoms with Gasteiger partial charge in [-0.1, -0.05) is 29.8 Å². The van der Waals surface area contributed by atoms with Crippen molar-refractivity contribution in [3.63, 3.8) is 0 Å². The van der Waals surface area contributed by atoms with Gasteiger partial charge < -0.3 is 15.4 Å². The Labute approximate surface area is 181 Å². The molecule has 2 rings (SSSR count). The molecule has 2 aromatic carbocycles. The van der Waals surface area contributed by atoms with E-state index in [4.69, 9.17) is 16.3 Å². The van der Waals surface area contributed by atoms with Crippen LogP contribution in [-0.4, -0.2) is 36.6 Å². The number of carbonyl (C=O) groups is 3. The van der Waals surface area contributed by atoms with Gasteiger partial charge in [0.05, 0.1) is 6.54 Å². The van der Waals surface area contributed by atoms with Gasteiger partial charge in [-0.3, -0.25) is 14.5 Å². The number of nitrogens with one attached hydrogen (secondary N) is 2. The summed E-state index contributed by atoms with van der Waals surface area (Å²) in [6.07, 6.45) is 0. The van der Waals surface area contributed by atoms with Crippen molar-refractivity contribution in [3.8, 4) is 0 Å². The fraction of sp³-hybridized carbons (Fsp3) is 0.318. The predicted octanol–water partition coefficient (Wildman–Crippen LogP) is 4.14. The maximum atomic E-state index is 12.8. The molecule has 0 aliphatic heterocycles. The van der Waals surface area contributed by atoms with Crippen molar-refractivity contribution in [1.82, 2.24) is 5.32 Å². The highest BCUT2D eigenvalue weighted by Gasteiger charge is 2.24. The first-order valence-corrected chi connectivity index (χ1v) is 9.80. The summed E-state index contributed by atoms with van der Waals surface area (Å²) in [6.45, 7) is 6.52. The average molecular weight is 432 g/mol. The molecule has 8 heteroatoms. The molecule has 0 heterocycles. The third-order valence-corrected chi connectivity index (χ3v) is 4.04. The van der Waals surface area contributed by atoms with Gasteiger partial charge in [0.1, 0.15) is 12.1 Å². The summed E-state index contributed by atoms with van der Waals surface area (Å²) in [4.78, 5) is 38.5. The molecule has 0 unspecified atom stereocenters. The molecular formula is C22H26ClN3O4. The van der Waals surface area contributed by atoms with Crippen LogP contribution in [0.5, 0.6) is 0 Å². The van der Waals surface area contributed by atoms with Gasteiger partial charge >= 0.3 is 12.0 Å². The summed E-state index contributed by atoms with van der Waals surface area (Å²) >= 11 is 6.03. The molecule has 2 aromatic rings. The predicted molar refractivity (Wildman–Crippen MR) is 118 cm³/mol. The van der Waals surface area contributed by atoms with E-state index < -0.39 is 23.5 Å². The first-order chi connectivity index (χ1) is 14.0. The highest BCUT2D eigenvalue weighted by atomic mass is 35.5. The lowest BCUT2D eigenvalue weighted by Crippen LogP contribution is -2.45. The average Bonchev–Trinajstić information content (AvgIpc) is 2.63. The lowest BCUT2D eigenvalue weighted by atomic mass is 10.2. The zero-order valence-electron chi connectivity index (χ0n) is 17.5. The van der Waals surface area contributed by atoms with E-state index in [0.29, 0.717) is 16.4 Å². The molecule has 3 amide bonds. The van der Waals surface area contributed by atoms with Gasteiger partial charge in [-0.15, -0.1) is 0 Å². The Balaban J connectivity index is 2.06. The number of carbonyl (C=O) groups excluding carboxylic acids is 3. The topological polar surface area (TPSA) is 87.7 Å². The molecule has 2 N–H and O–H groups in total. The van der Waals surface area contributed by atoms with Gasteiger partial charge in [0.25, 0.3) is 0 Å². The molecule has 160 valence electrons. The standard InChI is InChI=1S/C22H26ClN3O4/c1-15-7-5-9-17(11-15)25-21(29)24-13-19(27)26(14-20(28)30-22(2,3)4)18-10-6-8-16(23)12-18/h5-12H,13-14H2,1-4H3,(H2,24,25,29). The van der Waals surface area contributed by atoms with Crippen LogP contribution in [0.25, 0.3) is 0 Å². The molecule has 0 saturated heterocycles. The maximum Gasteiger partial charge on any atom is 0.326 e. The van der Waals surface area contributed by atoms with Crippen LogP contribution >= 0.6 is 11.6 Å². The fourth-order valence-corrected chi connectivity index (χ4v) is 2.80. The number of amides is 3. The van der Waals surface area contributed by atoms with Crippen LogP contribution in [0.3, 0.4) is 0 Å². The Morgan fingerprint density at radius 2 is 1.77 bits per heavy atom. The molecule has 0 bridgehead atoms. The van der Waals surface area contributed by atoms with Gasteiger partial charge in [0, 0.05) is 16.4 Å². The summed E-state index contributed by atoms with van der Waals surface area (Å²) in [5.41, 5.74) is 1.35. The van der Waals surface area contributed by atoms with Crippen molar-refractivity contribution in [1.29, 1.82) is 0 Å². The Hall–Kier alpha value is -3.06. The molecule has 0 radical (unpaired) electrons.